The molecule has 5 rings (SSSR count). The SMILES string of the molecule is O=C(c1ccccc1)N1N=C(c2ccccc2NS(=O)(=O)c2ccccc2)C[C@@H]1c1ccco1. The zero-order chi connectivity index (χ0) is 23.5. The number of carbonyl (C=O) groups excluding carboxylic acids is 1. The van der Waals surface area contributed by atoms with Gasteiger partial charge in [0.15, 0.2) is 0 Å². The van der Waals surface area contributed by atoms with Crippen LogP contribution in [-0.4, -0.2) is 25.0 Å². The van der Waals surface area contributed by atoms with E-state index < -0.39 is 16.1 Å². The quantitative estimate of drug-likeness (QED) is 0.425. The third-order valence-corrected chi connectivity index (χ3v) is 6.93. The number of hydrogen-bond acceptors (Lipinski definition) is 5. The second-order valence-corrected chi connectivity index (χ2v) is 9.44. The largest absolute Gasteiger partial charge is 0.467 e. The summed E-state index contributed by atoms with van der Waals surface area (Å²) in [5, 5.41) is 6.05. The van der Waals surface area contributed by atoms with Crippen molar-refractivity contribution in [2.75, 3.05) is 4.72 Å². The Kier molecular flexibility index (Phi) is 5.73. The van der Waals surface area contributed by atoms with E-state index >= 15 is 0 Å². The number of benzene rings is 3. The summed E-state index contributed by atoms with van der Waals surface area (Å²) in [6, 6.07) is 27.2. The second kappa shape index (κ2) is 8.99. The van der Waals surface area contributed by atoms with Gasteiger partial charge in [-0.2, -0.15) is 5.10 Å². The molecule has 0 unspecified atom stereocenters. The molecule has 1 aliphatic heterocycles. The molecule has 0 saturated heterocycles. The third-order valence-electron chi connectivity index (χ3n) is 5.55. The number of nitrogens with one attached hydrogen (secondary N) is 1. The Bertz CT molecular complexity index is 1430. The molecule has 7 nitrogen and oxygen atoms in total. The first-order chi connectivity index (χ1) is 16.5. The number of carbonyl (C=O) groups is 1. The predicted molar refractivity (Wildman–Crippen MR) is 129 cm³/mol. The van der Waals surface area contributed by atoms with E-state index in [1.165, 1.54) is 17.1 Å². The van der Waals surface area contributed by atoms with E-state index in [1.54, 1.807) is 79.1 Å². The van der Waals surface area contributed by atoms with Crippen molar-refractivity contribution in [2.45, 2.75) is 17.4 Å². The fourth-order valence-electron chi connectivity index (χ4n) is 3.90. The monoisotopic (exact) mass is 471 g/mol. The van der Waals surface area contributed by atoms with Crippen LogP contribution >= 0.6 is 0 Å². The van der Waals surface area contributed by atoms with Crippen LogP contribution in [0.2, 0.25) is 0 Å². The maximum absolute atomic E-state index is 13.3. The molecule has 3 aromatic carbocycles. The van der Waals surface area contributed by atoms with Crippen molar-refractivity contribution in [1.82, 2.24) is 5.01 Å². The number of para-hydroxylation sites is 1. The van der Waals surface area contributed by atoms with Crippen molar-refractivity contribution >= 4 is 27.3 Å². The van der Waals surface area contributed by atoms with Gasteiger partial charge < -0.3 is 4.42 Å². The molecule has 0 aliphatic carbocycles. The van der Waals surface area contributed by atoms with Gasteiger partial charge in [0.25, 0.3) is 15.9 Å². The molecular formula is C26H21N3O4S. The molecule has 1 N–H and O–H groups in total. The highest BCUT2D eigenvalue weighted by Gasteiger charge is 2.36. The number of rotatable bonds is 6. The zero-order valence-corrected chi connectivity index (χ0v) is 18.9. The Balaban J connectivity index is 1.52. The van der Waals surface area contributed by atoms with Crippen LogP contribution in [-0.2, 0) is 10.0 Å². The van der Waals surface area contributed by atoms with Crippen molar-refractivity contribution < 1.29 is 17.6 Å². The first-order valence-corrected chi connectivity index (χ1v) is 12.2. The Labute approximate surface area is 197 Å². The minimum absolute atomic E-state index is 0.160. The second-order valence-electron chi connectivity index (χ2n) is 7.76. The van der Waals surface area contributed by atoms with Gasteiger partial charge in [-0.3, -0.25) is 9.52 Å². The standard InChI is InChI=1S/C26H21N3O4S/c30-26(19-10-3-1-4-11-19)29-24(25-16-9-17-33-25)18-23(27-29)21-14-7-8-15-22(21)28-34(31,32)20-12-5-2-6-13-20/h1-17,24,28H,18H2/t24-/m1/s1. The maximum Gasteiger partial charge on any atom is 0.274 e. The lowest BCUT2D eigenvalue weighted by Gasteiger charge is -2.19. The lowest BCUT2D eigenvalue weighted by molar-refractivity contribution is 0.0693. The van der Waals surface area contributed by atoms with Gasteiger partial charge in [0, 0.05) is 17.5 Å². The van der Waals surface area contributed by atoms with Gasteiger partial charge in [0.05, 0.1) is 22.6 Å². The summed E-state index contributed by atoms with van der Waals surface area (Å²) < 4.78 is 34.2. The van der Waals surface area contributed by atoms with Crippen molar-refractivity contribution in [3.8, 4) is 0 Å². The smallest absolute Gasteiger partial charge is 0.274 e. The Morgan fingerprint density at radius 3 is 2.26 bits per heavy atom. The van der Waals surface area contributed by atoms with Gasteiger partial charge in [-0.1, -0.05) is 54.6 Å². The van der Waals surface area contributed by atoms with E-state index in [9.17, 15) is 13.2 Å². The van der Waals surface area contributed by atoms with Gasteiger partial charge in [-0.05, 0) is 42.5 Å². The molecule has 0 fully saturated rings. The van der Waals surface area contributed by atoms with Crippen LogP contribution in [0.3, 0.4) is 0 Å². The summed E-state index contributed by atoms with van der Waals surface area (Å²) >= 11 is 0. The molecule has 4 aromatic rings. The van der Waals surface area contributed by atoms with E-state index in [-0.39, 0.29) is 10.8 Å². The highest BCUT2D eigenvalue weighted by Crippen LogP contribution is 2.36. The van der Waals surface area contributed by atoms with Crippen LogP contribution in [0.25, 0.3) is 0 Å². The number of nitrogens with zero attached hydrogens (tertiary/aromatic N) is 2. The fraction of sp³-hybridized carbons (Fsp3) is 0.0769. The van der Waals surface area contributed by atoms with Crippen LogP contribution in [0.1, 0.15) is 34.1 Å². The van der Waals surface area contributed by atoms with Gasteiger partial charge in [0.2, 0.25) is 0 Å². The average molecular weight is 472 g/mol. The van der Waals surface area contributed by atoms with Gasteiger partial charge >= 0.3 is 0 Å². The molecule has 34 heavy (non-hydrogen) atoms. The molecule has 1 atom stereocenters. The first kappa shape index (κ1) is 21.7. The van der Waals surface area contributed by atoms with Crippen LogP contribution in [0.5, 0.6) is 0 Å². The summed E-state index contributed by atoms with van der Waals surface area (Å²) in [6.07, 6.45) is 1.93. The van der Waals surface area contributed by atoms with Gasteiger partial charge in [-0.25, -0.2) is 13.4 Å². The molecule has 8 heteroatoms. The van der Waals surface area contributed by atoms with E-state index in [0.717, 1.165) is 0 Å². The van der Waals surface area contributed by atoms with Crippen LogP contribution in [0, 0.1) is 0 Å². The molecule has 0 radical (unpaired) electrons. The molecule has 1 aromatic heterocycles. The Morgan fingerprint density at radius 1 is 0.882 bits per heavy atom. The van der Waals surface area contributed by atoms with Gasteiger partial charge in [0.1, 0.15) is 11.8 Å². The van der Waals surface area contributed by atoms with Crippen molar-refractivity contribution in [2.24, 2.45) is 5.10 Å². The van der Waals surface area contributed by atoms with Crippen molar-refractivity contribution in [1.29, 1.82) is 0 Å². The summed E-state index contributed by atoms with van der Waals surface area (Å²) in [6.45, 7) is 0. The minimum atomic E-state index is -3.80. The third kappa shape index (κ3) is 4.23. The zero-order valence-electron chi connectivity index (χ0n) is 18.0. The maximum atomic E-state index is 13.3. The van der Waals surface area contributed by atoms with E-state index in [2.05, 4.69) is 9.82 Å². The number of anilines is 1. The van der Waals surface area contributed by atoms with E-state index in [1.807, 2.05) is 12.1 Å². The van der Waals surface area contributed by atoms with Crippen LogP contribution in [0.4, 0.5) is 5.69 Å². The molecule has 170 valence electrons. The molecule has 0 bridgehead atoms. The van der Waals surface area contributed by atoms with Crippen molar-refractivity contribution in [3.63, 3.8) is 0 Å². The lowest BCUT2D eigenvalue weighted by atomic mass is 10.0. The van der Waals surface area contributed by atoms with E-state index in [4.69, 9.17) is 4.42 Å². The van der Waals surface area contributed by atoms with Crippen molar-refractivity contribution in [3.05, 3.63) is 120 Å². The summed E-state index contributed by atoms with van der Waals surface area (Å²) in [4.78, 5) is 13.5. The molecule has 0 saturated carbocycles. The summed E-state index contributed by atoms with van der Waals surface area (Å²) in [5.41, 5.74) is 2.07. The lowest BCUT2D eigenvalue weighted by Crippen LogP contribution is -2.26. The van der Waals surface area contributed by atoms with E-state index in [0.29, 0.717) is 34.7 Å². The number of amides is 1. The number of hydrazone groups is 1. The summed E-state index contributed by atoms with van der Waals surface area (Å²) in [5.74, 6) is 0.338. The first-order valence-electron chi connectivity index (χ1n) is 10.7. The number of sulfonamides is 1. The highest BCUT2D eigenvalue weighted by atomic mass is 32.2. The normalized spacial score (nSPS) is 15.7. The predicted octanol–water partition coefficient (Wildman–Crippen LogP) is 5.07. The molecule has 1 aliphatic rings. The fourth-order valence-corrected chi connectivity index (χ4v) is 5.00. The molecular weight excluding hydrogens is 450 g/mol. The topological polar surface area (TPSA) is 92.0 Å². The minimum Gasteiger partial charge on any atom is -0.467 e. The van der Waals surface area contributed by atoms with Crippen LogP contribution in [0.15, 0.2) is 118 Å². The number of furan rings is 1. The Hall–Kier alpha value is -4.17. The summed E-state index contributed by atoms with van der Waals surface area (Å²) in [7, 11) is -3.80. The van der Waals surface area contributed by atoms with Crippen LogP contribution < -0.4 is 4.72 Å². The molecule has 1 amide bonds. The molecule has 0 spiro atoms. The Morgan fingerprint density at radius 2 is 1.56 bits per heavy atom. The number of hydrogen-bond donors (Lipinski definition) is 1. The highest BCUT2D eigenvalue weighted by molar-refractivity contribution is 7.92. The average Bonchev–Trinajstić information content (AvgIpc) is 3.55. The molecule has 2 heterocycles. The van der Waals surface area contributed by atoms with Gasteiger partial charge in [-0.15, -0.1) is 0 Å².